The number of nitrogens with one attached hydrogen (secondary N) is 1. The summed E-state index contributed by atoms with van der Waals surface area (Å²) >= 11 is 1.55. The predicted molar refractivity (Wildman–Crippen MR) is 124 cm³/mol. The molecule has 0 aliphatic rings. The lowest BCUT2D eigenvalue weighted by molar-refractivity contribution is 0.304. The van der Waals surface area contributed by atoms with Gasteiger partial charge in [-0.25, -0.2) is 4.98 Å². The highest BCUT2D eigenvalue weighted by Crippen LogP contribution is 2.25. The molecule has 0 atom stereocenters. The summed E-state index contributed by atoms with van der Waals surface area (Å²) in [6.07, 6.45) is 8.04. The minimum atomic E-state index is 0.778. The fourth-order valence-corrected chi connectivity index (χ4v) is 3.56. The second kappa shape index (κ2) is 11.4. The number of thiazole rings is 1. The summed E-state index contributed by atoms with van der Waals surface area (Å²) < 4.78 is 5.80. The third-order valence-electron chi connectivity index (χ3n) is 4.62. The zero-order valence-corrected chi connectivity index (χ0v) is 18.0. The van der Waals surface area contributed by atoms with E-state index in [0.717, 1.165) is 40.7 Å². The van der Waals surface area contributed by atoms with E-state index in [1.54, 1.807) is 17.6 Å². The predicted octanol–water partition coefficient (Wildman–Crippen LogP) is 6.91. The number of ether oxygens (including phenoxy) is 1. The van der Waals surface area contributed by atoms with E-state index in [-0.39, 0.29) is 0 Å². The number of aromatic nitrogens is 1. The first-order valence-electron chi connectivity index (χ1n) is 10.3. The van der Waals surface area contributed by atoms with Gasteiger partial charge in [-0.05, 0) is 43.2 Å². The Kier molecular flexibility index (Phi) is 8.25. The molecule has 3 rings (SSSR count). The zero-order valence-electron chi connectivity index (χ0n) is 17.2. The molecule has 1 heterocycles. The summed E-state index contributed by atoms with van der Waals surface area (Å²) in [6, 6.07) is 16.4. The number of aryl methyl sites for hydroxylation is 1. The molecule has 2 aromatic carbocycles. The van der Waals surface area contributed by atoms with Crippen molar-refractivity contribution < 1.29 is 4.74 Å². The van der Waals surface area contributed by atoms with Crippen LogP contribution >= 0.6 is 11.3 Å². The Morgan fingerprint density at radius 3 is 2.52 bits per heavy atom. The quantitative estimate of drug-likeness (QED) is 0.213. The normalized spacial score (nSPS) is 11.1. The van der Waals surface area contributed by atoms with Crippen molar-refractivity contribution in [3.05, 3.63) is 65.0 Å². The van der Waals surface area contributed by atoms with E-state index in [9.17, 15) is 0 Å². The average molecular weight is 408 g/mol. The first kappa shape index (κ1) is 21.1. The standard InChI is InChI=1S/C24H29N3OS/c1-3-4-5-6-7-16-28-22-14-10-20(11-15-22)17-25-27-24-26-23(18-29-24)21-12-8-19(2)9-13-21/h8-15,17-18H,3-7,16H2,1-2H3,(H,26,27)/b25-17-. The van der Waals surface area contributed by atoms with E-state index in [1.807, 2.05) is 29.6 Å². The number of nitrogens with zero attached hydrogens (tertiary/aromatic N) is 2. The lowest BCUT2D eigenvalue weighted by Gasteiger charge is -2.06. The van der Waals surface area contributed by atoms with Crippen LogP contribution < -0.4 is 10.2 Å². The van der Waals surface area contributed by atoms with E-state index in [1.165, 1.54) is 31.2 Å². The van der Waals surface area contributed by atoms with E-state index in [0.29, 0.717) is 0 Å². The van der Waals surface area contributed by atoms with Crippen LogP contribution in [0.2, 0.25) is 0 Å². The minimum absolute atomic E-state index is 0.778. The van der Waals surface area contributed by atoms with Gasteiger partial charge in [-0.1, -0.05) is 62.4 Å². The molecule has 4 nitrogen and oxygen atoms in total. The van der Waals surface area contributed by atoms with Crippen LogP contribution in [0.4, 0.5) is 5.13 Å². The molecule has 0 aliphatic carbocycles. The van der Waals surface area contributed by atoms with Gasteiger partial charge in [0.15, 0.2) is 0 Å². The van der Waals surface area contributed by atoms with Gasteiger partial charge in [-0.15, -0.1) is 11.3 Å². The Hall–Kier alpha value is -2.66. The molecule has 29 heavy (non-hydrogen) atoms. The molecule has 0 unspecified atom stereocenters. The molecule has 0 aliphatic heterocycles. The average Bonchev–Trinajstić information content (AvgIpc) is 3.21. The van der Waals surface area contributed by atoms with Gasteiger partial charge >= 0.3 is 0 Å². The van der Waals surface area contributed by atoms with Crippen LogP contribution in [0.15, 0.2) is 59.0 Å². The molecule has 152 valence electrons. The van der Waals surface area contributed by atoms with Gasteiger partial charge in [-0.2, -0.15) is 5.10 Å². The zero-order chi connectivity index (χ0) is 20.3. The number of anilines is 1. The van der Waals surface area contributed by atoms with Crippen LogP contribution in [0.1, 0.15) is 50.2 Å². The van der Waals surface area contributed by atoms with E-state index in [4.69, 9.17) is 4.74 Å². The van der Waals surface area contributed by atoms with Crippen molar-refractivity contribution in [3.63, 3.8) is 0 Å². The van der Waals surface area contributed by atoms with Crippen molar-refractivity contribution >= 4 is 22.7 Å². The van der Waals surface area contributed by atoms with Gasteiger partial charge < -0.3 is 4.74 Å². The molecule has 0 fully saturated rings. The maximum Gasteiger partial charge on any atom is 0.203 e. The number of rotatable bonds is 11. The van der Waals surface area contributed by atoms with Gasteiger partial charge in [-0.3, -0.25) is 5.43 Å². The van der Waals surface area contributed by atoms with Crippen LogP contribution in [0.5, 0.6) is 5.75 Å². The van der Waals surface area contributed by atoms with Gasteiger partial charge in [0.25, 0.3) is 0 Å². The van der Waals surface area contributed by atoms with Crippen molar-refractivity contribution in [1.29, 1.82) is 0 Å². The maximum absolute atomic E-state index is 5.80. The molecule has 0 amide bonds. The second-order valence-corrected chi connectivity index (χ2v) is 7.96. The summed E-state index contributed by atoms with van der Waals surface area (Å²) in [5, 5.41) is 7.11. The minimum Gasteiger partial charge on any atom is -0.494 e. The molecule has 1 N–H and O–H groups in total. The topological polar surface area (TPSA) is 46.5 Å². The molecule has 0 saturated carbocycles. The molecule has 1 aromatic heterocycles. The van der Waals surface area contributed by atoms with Crippen LogP contribution in [0.25, 0.3) is 11.3 Å². The molecule has 3 aromatic rings. The number of hydrogen-bond acceptors (Lipinski definition) is 5. The SMILES string of the molecule is CCCCCCCOc1ccc(/C=N\Nc2nc(-c3ccc(C)cc3)cs2)cc1. The van der Waals surface area contributed by atoms with Gasteiger partial charge in [0.1, 0.15) is 5.75 Å². The van der Waals surface area contributed by atoms with Crippen molar-refractivity contribution in [2.24, 2.45) is 5.10 Å². The van der Waals surface area contributed by atoms with Gasteiger partial charge in [0.05, 0.1) is 18.5 Å². The molecule has 0 radical (unpaired) electrons. The summed E-state index contributed by atoms with van der Waals surface area (Å²) in [5.74, 6) is 0.910. The highest BCUT2D eigenvalue weighted by Gasteiger charge is 2.03. The van der Waals surface area contributed by atoms with Crippen molar-refractivity contribution in [3.8, 4) is 17.0 Å². The number of unbranched alkanes of at least 4 members (excludes halogenated alkanes) is 4. The number of benzene rings is 2. The fourth-order valence-electron chi connectivity index (χ4n) is 2.89. The maximum atomic E-state index is 5.80. The lowest BCUT2D eigenvalue weighted by Crippen LogP contribution is -1.97. The summed E-state index contributed by atoms with van der Waals surface area (Å²) in [4.78, 5) is 4.59. The lowest BCUT2D eigenvalue weighted by atomic mass is 10.1. The largest absolute Gasteiger partial charge is 0.494 e. The molecule has 5 heteroatoms. The van der Waals surface area contributed by atoms with Crippen LogP contribution in [0.3, 0.4) is 0 Å². The van der Waals surface area contributed by atoms with E-state index < -0.39 is 0 Å². The van der Waals surface area contributed by atoms with Gasteiger partial charge in [0, 0.05) is 10.9 Å². The number of hydrazone groups is 1. The third-order valence-corrected chi connectivity index (χ3v) is 5.37. The Labute approximate surface area is 177 Å². The van der Waals surface area contributed by atoms with Crippen LogP contribution in [-0.2, 0) is 0 Å². The summed E-state index contributed by atoms with van der Waals surface area (Å²) in [5.41, 5.74) is 7.35. The molecule has 0 bridgehead atoms. The Morgan fingerprint density at radius 2 is 1.76 bits per heavy atom. The van der Waals surface area contributed by atoms with Gasteiger partial charge in [0.2, 0.25) is 5.13 Å². The molecular formula is C24H29N3OS. The molecule has 0 spiro atoms. The smallest absolute Gasteiger partial charge is 0.203 e. The van der Waals surface area contributed by atoms with Crippen molar-refractivity contribution in [2.45, 2.75) is 46.0 Å². The summed E-state index contributed by atoms with van der Waals surface area (Å²) in [6.45, 7) is 5.10. The molecule has 0 saturated heterocycles. The highest BCUT2D eigenvalue weighted by atomic mass is 32.1. The fraction of sp³-hybridized carbons (Fsp3) is 0.333. The first-order chi connectivity index (χ1) is 14.2. The Morgan fingerprint density at radius 1 is 1.00 bits per heavy atom. The van der Waals surface area contributed by atoms with Crippen LogP contribution in [0, 0.1) is 6.92 Å². The summed E-state index contributed by atoms with van der Waals surface area (Å²) in [7, 11) is 0. The second-order valence-electron chi connectivity index (χ2n) is 7.11. The number of hydrogen-bond donors (Lipinski definition) is 1. The van der Waals surface area contributed by atoms with Crippen molar-refractivity contribution in [1.82, 2.24) is 4.98 Å². The third kappa shape index (κ3) is 7.02. The van der Waals surface area contributed by atoms with Crippen LogP contribution in [-0.4, -0.2) is 17.8 Å². The highest BCUT2D eigenvalue weighted by molar-refractivity contribution is 7.14. The Bertz CT molecular complexity index is 885. The first-order valence-corrected chi connectivity index (χ1v) is 11.2. The van der Waals surface area contributed by atoms with E-state index >= 15 is 0 Å². The molecular weight excluding hydrogens is 378 g/mol. The Balaban J connectivity index is 1.44. The monoisotopic (exact) mass is 407 g/mol. The van der Waals surface area contributed by atoms with E-state index in [2.05, 4.69) is 53.6 Å². The van der Waals surface area contributed by atoms with Crippen molar-refractivity contribution in [2.75, 3.05) is 12.0 Å².